The molecule has 4 rings (SSSR count). The summed E-state index contributed by atoms with van der Waals surface area (Å²) in [6, 6.07) is 9.55. The molecule has 1 N–H and O–H groups in total. The van der Waals surface area contributed by atoms with E-state index in [1.54, 1.807) is 38.1 Å². The molecule has 1 unspecified atom stereocenters. The first-order valence-electron chi connectivity index (χ1n) is 12.9. The van der Waals surface area contributed by atoms with Gasteiger partial charge in [0, 0.05) is 17.7 Å². The van der Waals surface area contributed by atoms with Gasteiger partial charge in [-0.25, -0.2) is 4.79 Å². The summed E-state index contributed by atoms with van der Waals surface area (Å²) in [5.41, 5.74) is -5.70. The number of imide groups is 1. The normalized spacial score (nSPS) is 20.1. The second-order valence-corrected chi connectivity index (χ2v) is 10.0. The van der Waals surface area contributed by atoms with Crippen LogP contribution in [0.3, 0.4) is 0 Å². The van der Waals surface area contributed by atoms with Crippen LogP contribution in [0.15, 0.2) is 36.4 Å². The Hall–Kier alpha value is -3.79. The van der Waals surface area contributed by atoms with Gasteiger partial charge in [0.15, 0.2) is 0 Å². The zero-order chi connectivity index (χ0) is 30.2. The van der Waals surface area contributed by atoms with E-state index in [-0.39, 0.29) is 36.4 Å². The molecule has 2 aliphatic heterocycles. The molecule has 220 valence electrons. The number of alkyl halides is 6. The van der Waals surface area contributed by atoms with Crippen molar-refractivity contribution in [1.29, 1.82) is 5.26 Å². The highest BCUT2D eigenvalue weighted by molar-refractivity contribution is 6.07. The molecular formula is C28H27F6N3O4. The van der Waals surface area contributed by atoms with E-state index in [1.807, 2.05) is 6.07 Å². The first kappa shape index (κ1) is 30.2. The molecule has 1 fully saturated rings. The number of benzene rings is 2. The Morgan fingerprint density at radius 3 is 2.29 bits per heavy atom. The van der Waals surface area contributed by atoms with Crippen LogP contribution in [-0.4, -0.2) is 42.3 Å². The summed E-state index contributed by atoms with van der Waals surface area (Å²) in [6.07, 6.45) is -10.1. The number of carbonyl (C=O) groups is 2. The summed E-state index contributed by atoms with van der Waals surface area (Å²) in [6.45, 7) is 2.57. The van der Waals surface area contributed by atoms with Crippen LogP contribution in [0.25, 0.3) is 0 Å². The van der Waals surface area contributed by atoms with Gasteiger partial charge in [0.25, 0.3) is 11.5 Å². The second kappa shape index (κ2) is 10.9. The Kier molecular flexibility index (Phi) is 8.01. The molecule has 3 amide bonds. The highest BCUT2D eigenvalue weighted by Crippen LogP contribution is 2.58. The van der Waals surface area contributed by atoms with E-state index in [0.29, 0.717) is 30.4 Å². The minimum absolute atomic E-state index is 0.0522. The SMILES string of the molecule is CCCc1c(OCCCCN2C(=O)NC(C)(c3ccc(C#N)cc3)C2=O)ccc2c1COC2(C(F)(F)F)C(F)(F)F. The van der Waals surface area contributed by atoms with Crippen molar-refractivity contribution in [1.82, 2.24) is 10.2 Å². The number of fused-ring (bicyclic) bond motifs is 1. The lowest BCUT2D eigenvalue weighted by Gasteiger charge is -2.33. The third-order valence-electron chi connectivity index (χ3n) is 7.40. The van der Waals surface area contributed by atoms with Crippen molar-refractivity contribution < 1.29 is 45.4 Å². The lowest BCUT2D eigenvalue weighted by molar-refractivity contribution is -0.385. The molecule has 41 heavy (non-hydrogen) atoms. The van der Waals surface area contributed by atoms with Gasteiger partial charge in [0.1, 0.15) is 11.3 Å². The molecule has 7 nitrogen and oxygen atoms in total. The monoisotopic (exact) mass is 583 g/mol. The van der Waals surface area contributed by atoms with Crippen LogP contribution in [0.5, 0.6) is 5.75 Å². The van der Waals surface area contributed by atoms with Crippen molar-refractivity contribution in [3.05, 3.63) is 64.2 Å². The Morgan fingerprint density at radius 1 is 1.05 bits per heavy atom. The molecular weight excluding hydrogens is 556 g/mol. The number of urea groups is 1. The third-order valence-corrected chi connectivity index (χ3v) is 7.40. The summed E-state index contributed by atoms with van der Waals surface area (Å²) >= 11 is 0. The maximum absolute atomic E-state index is 13.7. The second-order valence-electron chi connectivity index (χ2n) is 10.0. The molecule has 13 heteroatoms. The predicted molar refractivity (Wildman–Crippen MR) is 132 cm³/mol. The van der Waals surface area contributed by atoms with Crippen molar-refractivity contribution in [2.75, 3.05) is 13.2 Å². The Bertz CT molecular complexity index is 1350. The summed E-state index contributed by atoms with van der Waals surface area (Å²) in [5.74, 6) is -0.299. The molecule has 2 aliphatic rings. The number of halogens is 6. The fraction of sp³-hybridized carbons (Fsp3) is 0.464. The summed E-state index contributed by atoms with van der Waals surface area (Å²) in [7, 11) is 0. The van der Waals surface area contributed by atoms with Crippen molar-refractivity contribution in [3.8, 4) is 11.8 Å². The van der Waals surface area contributed by atoms with E-state index in [9.17, 15) is 35.9 Å². The molecule has 0 spiro atoms. The maximum Gasteiger partial charge on any atom is 0.430 e. The average molecular weight is 584 g/mol. The predicted octanol–water partition coefficient (Wildman–Crippen LogP) is 5.99. The van der Waals surface area contributed by atoms with E-state index in [1.165, 1.54) is 0 Å². The lowest BCUT2D eigenvalue weighted by atomic mass is 9.87. The Morgan fingerprint density at radius 2 is 1.71 bits per heavy atom. The van der Waals surface area contributed by atoms with Gasteiger partial charge in [0.2, 0.25) is 0 Å². The van der Waals surface area contributed by atoms with Crippen LogP contribution in [0.1, 0.15) is 60.9 Å². The van der Waals surface area contributed by atoms with E-state index in [2.05, 4.69) is 10.1 Å². The van der Waals surface area contributed by atoms with Gasteiger partial charge >= 0.3 is 18.4 Å². The van der Waals surface area contributed by atoms with Gasteiger partial charge in [-0.1, -0.05) is 31.5 Å². The zero-order valence-electron chi connectivity index (χ0n) is 22.2. The van der Waals surface area contributed by atoms with Gasteiger partial charge in [0.05, 0.1) is 24.8 Å². The van der Waals surface area contributed by atoms with Crippen molar-refractivity contribution in [2.45, 2.75) is 69.6 Å². The maximum atomic E-state index is 13.7. The summed E-state index contributed by atoms with van der Waals surface area (Å²) in [4.78, 5) is 26.7. The number of rotatable bonds is 9. The molecule has 0 saturated carbocycles. The first-order chi connectivity index (χ1) is 19.2. The number of ether oxygens (including phenoxy) is 2. The molecule has 0 aromatic heterocycles. The number of nitriles is 1. The van der Waals surface area contributed by atoms with Crippen LogP contribution < -0.4 is 10.1 Å². The molecule has 0 aliphatic carbocycles. The van der Waals surface area contributed by atoms with Gasteiger partial charge in [-0.3, -0.25) is 9.69 Å². The van der Waals surface area contributed by atoms with Crippen LogP contribution in [0, 0.1) is 11.3 Å². The van der Waals surface area contributed by atoms with Gasteiger partial charge in [-0.15, -0.1) is 0 Å². The Balaban J connectivity index is 1.41. The van der Waals surface area contributed by atoms with Crippen molar-refractivity contribution in [2.24, 2.45) is 0 Å². The zero-order valence-corrected chi connectivity index (χ0v) is 22.2. The Labute approximate surface area is 232 Å². The number of unbranched alkanes of at least 4 members (excludes halogenated alkanes) is 1. The van der Waals surface area contributed by atoms with Crippen LogP contribution in [0.4, 0.5) is 31.1 Å². The van der Waals surface area contributed by atoms with Gasteiger partial charge in [-0.2, -0.15) is 31.6 Å². The number of nitrogens with one attached hydrogen (secondary N) is 1. The van der Waals surface area contributed by atoms with E-state index < -0.39 is 47.6 Å². The van der Waals surface area contributed by atoms with Crippen molar-refractivity contribution >= 4 is 11.9 Å². The van der Waals surface area contributed by atoms with E-state index in [4.69, 9.17) is 10.00 Å². The molecule has 0 bridgehead atoms. The third kappa shape index (κ3) is 5.09. The van der Waals surface area contributed by atoms with Crippen molar-refractivity contribution in [3.63, 3.8) is 0 Å². The van der Waals surface area contributed by atoms with Gasteiger partial charge in [-0.05, 0) is 55.5 Å². The number of hydrogen-bond donors (Lipinski definition) is 1. The number of carbonyl (C=O) groups excluding carboxylic acids is 2. The number of amides is 3. The topological polar surface area (TPSA) is 91.7 Å². The standard InChI is InChI=1S/C28H27F6N3O4/c1-3-6-19-20-16-41-26(27(29,30)31,28(32,33)34)21(20)11-12-22(19)40-14-5-4-13-37-23(38)25(2,36-24(37)39)18-9-7-17(15-35)8-10-18/h7-12H,3-6,13-14,16H2,1-2H3,(H,36,39). The minimum atomic E-state index is -5.71. The quantitative estimate of drug-likeness (QED) is 0.223. The molecule has 2 aromatic rings. The number of hydrogen-bond acceptors (Lipinski definition) is 5. The van der Waals surface area contributed by atoms with Crippen LogP contribution in [-0.2, 0) is 33.7 Å². The molecule has 2 aromatic carbocycles. The molecule has 0 radical (unpaired) electrons. The van der Waals surface area contributed by atoms with E-state index in [0.717, 1.165) is 17.0 Å². The smallest absolute Gasteiger partial charge is 0.430 e. The molecule has 1 saturated heterocycles. The molecule has 1 atom stereocenters. The highest BCUT2D eigenvalue weighted by Gasteiger charge is 2.75. The average Bonchev–Trinajstić information content (AvgIpc) is 3.42. The fourth-order valence-electron chi connectivity index (χ4n) is 5.24. The van der Waals surface area contributed by atoms with Gasteiger partial charge < -0.3 is 14.8 Å². The fourth-order valence-corrected chi connectivity index (χ4v) is 5.24. The van der Waals surface area contributed by atoms with Crippen LogP contribution in [0.2, 0.25) is 0 Å². The van der Waals surface area contributed by atoms with Crippen LogP contribution >= 0.6 is 0 Å². The van der Waals surface area contributed by atoms with E-state index >= 15 is 0 Å². The lowest BCUT2D eigenvalue weighted by Crippen LogP contribution is -2.53. The summed E-state index contributed by atoms with van der Waals surface area (Å²) in [5, 5.41) is 11.7. The largest absolute Gasteiger partial charge is 0.493 e. The summed E-state index contributed by atoms with van der Waals surface area (Å²) < 4.78 is 92.5. The molecule has 2 heterocycles. The first-order valence-corrected chi connectivity index (χ1v) is 12.9. The minimum Gasteiger partial charge on any atom is -0.493 e. The number of nitrogens with zero attached hydrogens (tertiary/aromatic N) is 2. The highest BCUT2D eigenvalue weighted by atomic mass is 19.4.